The first-order valence-corrected chi connectivity index (χ1v) is 15.6. The highest BCUT2D eigenvalue weighted by Crippen LogP contribution is 2.42. The third kappa shape index (κ3) is 6.53. The van der Waals surface area contributed by atoms with Gasteiger partial charge in [0.2, 0.25) is 11.1 Å². The Morgan fingerprint density at radius 2 is 1.86 bits per heavy atom. The van der Waals surface area contributed by atoms with Gasteiger partial charge in [-0.2, -0.15) is 4.98 Å². The number of allylic oxidation sites excluding steroid dienone is 1. The molecular formula is C32H32BrClN4O3S. The molecule has 218 valence electrons. The van der Waals surface area contributed by atoms with Crippen molar-refractivity contribution in [2.75, 3.05) is 12.4 Å². The molecule has 0 bridgehead atoms. The minimum absolute atomic E-state index is 0.0712. The SMILES string of the molecule is COC(=O)C1=C(C)Nc2nc(SCc3ccccc3Cl)nn2C1c1cc(Br)ccc1OCc1ccc(C(C)(C)C)cc1. The van der Waals surface area contributed by atoms with Gasteiger partial charge in [0.1, 0.15) is 18.4 Å². The Morgan fingerprint density at radius 1 is 1.12 bits per heavy atom. The van der Waals surface area contributed by atoms with Gasteiger partial charge in [-0.3, -0.25) is 0 Å². The summed E-state index contributed by atoms with van der Waals surface area (Å²) in [5.74, 6) is 1.30. The van der Waals surface area contributed by atoms with Crippen molar-refractivity contribution in [1.29, 1.82) is 0 Å². The van der Waals surface area contributed by atoms with Gasteiger partial charge in [-0.05, 0) is 53.3 Å². The Bertz CT molecular complexity index is 1650. The third-order valence-electron chi connectivity index (χ3n) is 7.03. The summed E-state index contributed by atoms with van der Waals surface area (Å²) in [6.45, 7) is 8.78. The zero-order chi connectivity index (χ0) is 30.0. The Hall–Kier alpha value is -3.27. The van der Waals surface area contributed by atoms with Crippen LogP contribution in [-0.2, 0) is 27.3 Å². The van der Waals surface area contributed by atoms with Crippen molar-refractivity contribution in [3.05, 3.63) is 110 Å². The van der Waals surface area contributed by atoms with Crippen molar-refractivity contribution in [2.45, 2.75) is 56.7 Å². The van der Waals surface area contributed by atoms with E-state index >= 15 is 0 Å². The Balaban J connectivity index is 1.49. The molecular weight excluding hydrogens is 636 g/mol. The number of nitrogens with one attached hydrogen (secondary N) is 1. The molecule has 10 heteroatoms. The largest absolute Gasteiger partial charge is 0.489 e. The summed E-state index contributed by atoms with van der Waals surface area (Å²) in [5, 5.41) is 9.31. The smallest absolute Gasteiger partial charge is 0.338 e. The van der Waals surface area contributed by atoms with Crippen LogP contribution in [0.1, 0.15) is 56.0 Å². The monoisotopic (exact) mass is 666 g/mol. The van der Waals surface area contributed by atoms with E-state index in [9.17, 15) is 4.79 Å². The van der Waals surface area contributed by atoms with Gasteiger partial charge in [0, 0.05) is 26.5 Å². The summed E-state index contributed by atoms with van der Waals surface area (Å²) < 4.78 is 14.2. The van der Waals surface area contributed by atoms with Crippen molar-refractivity contribution >= 4 is 51.2 Å². The van der Waals surface area contributed by atoms with Gasteiger partial charge in [-0.15, -0.1) is 5.10 Å². The van der Waals surface area contributed by atoms with E-state index in [1.54, 1.807) is 4.68 Å². The fourth-order valence-electron chi connectivity index (χ4n) is 4.74. The van der Waals surface area contributed by atoms with Crippen molar-refractivity contribution in [1.82, 2.24) is 14.8 Å². The van der Waals surface area contributed by atoms with Gasteiger partial charge in [0.05, 0.1) is 12.7 Å². The lowest BCUT2D eigenvalue weighted by Crippen LogP contribution is -2.29. The zero-order valence-corrected chi connectivity index (χ0v) is 27.2. The second-order valence-corrected chi connectivity index (χ2v) is 13.3. The van der Waals surface area contributed by atoms with Crippen molar-refractivity contribution in [3.8, 4) is 5.75 Å². The summed E-state index contributed by atoms with van der Waals surface area (Å²) in [6, 6.07) is 21.3. The molecule has 42 heavy (non-hydrogen) atoms. The second kappa shape index (κ2) is 12.5. The Morgan fingerprint density at radius 3 is 2.55 bits per heavy atom. The third-order valence-corrected chi connectivity index (χ3v) is 8.78. The normalized spacial score (nSPS) is 14.8. The van der Waals surface area contributed by atoms with Gasteiger partial charge in [0.25, 0.3) is 0 Å². The van der Waals surface area contributed by atoms with Crippen LogP contribution in [0.15, 0.2) is 87.6 Å². The van der Waals surface area contributed by atoms with E-state index in [2.05, 4.69) is 66.3 Å². The van der Waals surface area contributed by atoms with Gasteiger partial charge >= 0.3 is 5.97 Å². The van der Waals surface area contributed by atoms with E-state index in [4.69, 9.17) is 31.2 Å². The van der Waals surface area contributed by atoms with Crippen LogP contribution in [0.25, 0.3) is 0 Å². The van der Waals surface area contributed by atoms with Crippen LogP contribution in [-0.4, -0.2) is 27.8 Å². The number of ether oxygens (including phenoxy) is 2. The Kier molecular flexibility index (Phi) is 9.01. The maximum Gasteiger partial charge on any atom is 0.338 e. The van der Waals surface area contributed by atoms with Crippen LogP contribution in [0.5, 0.6) is 5.75 Å². The van der Waals surface area contributed by atoms with Gasteiger partial charge in [-0.1, -0.05) is 103 Å². The summed E-state index contributed by atoms with van der Waals surface area (Å²) in [4.78, 5) is 17.9. The number of anilines is 1. The number of hydrogen-bond acceptors (Lipinski definition) is 7. The van der Waals surface area contributed by atoms with Crippen LogP contribution < -0.4 is 10.1 Å². The number of halogens is 2. The molecule has 1 unspecified atom stereocenters. The molecule has 1 aromatic heterocycles. The molecule has 1 N–H and O–H groups in total. The summed E-state index contributed by atoms with van der Waals surface area (Å²) in [5.41, 5.74) is 5.18. The van der Waals surface area contributed by atoms with E-state index in [0.717, 1.165) is 21.2 Å². The molecule has 0 saturated heterocycles. The predicted octanol–water partition coefficient (Wildman–Crippen LogP) is 8.32. The molecule has 0 aliphatic carbocycles. The topological polar surface area (TPSA) is 78.3 Å². The van der Waals surface area contributed by atoms with E-state index < -0.39 is 12.0 Å². The van der Waals surface area contributed by atoms with E-state index in [1.807, 2.05) is 49.4 Å². The van der Waals surface area contributed by atoms with E-state index in [1.165, 1.54) is 24.4 Å². The highest BCUT2D eigenvalue weighted by Gasteiger charge is 2.37. The molecule has 1 atom stereocenters. The number of rotatable bonds is 8. The molecule has 0 amide bonds. The van der Waals surface area contributed by atoms with Crippen LogP contribution in [0.3, 0.4) is 0 Å². The predicted molar refractivity (Wildman–Crippen MR) is 171 cm³/mol. The molecule has 5 rings (SSSR count). The molecule has 0 saturated carbocycles. The number of fused-ring (bicyclic) bond motifs is 1. The number of hydrogen-bond donors (Lipinski definition) is 1. The summed E-state index contributed by atoms with van der Waals surface area (Å²) >= 11 is 11.5. The first kappa shape index (κ1) is 30.2. The van der Waals surface area contributed by atoms with Crippen LogP contribution in [0.2, 0.25) is 5.02 Å². The standard InChI is InChI=1S/C32H32BrClN4O3S/c1-19-27(29(39)40-5)28(38-30(35-19)36-31(37-38)42-18-21-8-6-7-9-25(21)34)24-16-23(33)14-15-26(24)41-17-20-10-12-22(13-11-20)32(2,3)4/h6-16,28H,17-18H2,1-5H3,(H,35,36,37). The van der Waals surface area contributed by atoms with Gasteiger partial charge in [0.15, 0.2) is 0 Å². The molecule has 0 radical (unpaired) electrons. The highest BCUT2D eigenvalue weighted by molar-refractivity contribution is 9.10. The lowest BCUT2D eigenvalue weighted by Gasteiger charge is -2.29. The number of benzene rings is 3. The van der Waals surface area contributed by atoms with Crippen molar-refractivity contribution in [2.24, 2.45) is 0 Å². The second-order valence-electron chi connectivity index (χ2n) is 11.0. The molecule has 0 spiro atoms. The number of carbonyl (C=O) groups excluding carboxylic acids is 1. The lowest BCUT2D eigenvalue weighted by molar-refractivity contribution is -0.136. The number of carbonyl (C=O) groups is 1. The fraction of sp³-hybridized carbons (Fsp3) is 0.281. The molecule has 0 fully saturated rings. The number of thioether (sulfide) groups is 1. The van der Waals surface area contributed by atoms with Crippen molar-refractivity contribution in [3.63, 3.8) is 0 Å². The average molecular weight is 668 g/mol. The Labute approximate surface area is 263 Å². The average Bonchev–Trinajstić information content (AvgIpc) is 3.37. The fourth-order valence-corrected chi connectivity index (χ4v) is 6.23. The maximum absolute atomic E-state index is 13.2. The number of methoxy groups -OCH3 is 1. The summed E-state index contributed by atoms with van der Waals surface area (Å²) in [7, 11) is 1.38. The lowest BCUT2D eigenvalue weighted by atomic mass is 9.87. The number of esters is 1. The molecule has 2 heterocycles. The van der Waals surface area contributed by atoms with E-state index in [0.29, 0.717) is 45.5 Å². The van der Waals surface area contributed by atoms with Crippen LogP contribution in [0.4, 0.5) is 5.95 Å². The van der Waals surface area contributed by atoms with Crippen LogP contribution >= 0.6 is 39.3 Å². The molecule has 3 aromatic carbocycles. The summed E-state index contributed by atoms with van der Waals surface area (Å²) in [6.07, 6.45) is 0. The minimum Gasteiger partial charge on any atom is -0.489 e. The quantitative estimate of drug-likeness (QED) is 0.150. The molecule has 4 aromatic rings. The number of nitrogens with zero attached hydrogens (tertiary/aromatic N) is 3. The van der Waals surface area contributed by atoms with E-state index in [-0.39, 0.29) is 5.41 Å². The molecule has 7 nitrogen and oxygen atoms in total. The molecule has 1 aliphatic rings. The molecule has 1 aliphatic heterocycles. The number of aromatic nitrogens is 3. The van der Waals surface area contributed by atoms with Gasteiger partial charge in [-0.25, -0.2) is 9.48 Å². The van der Waals surface area contributed by atoms with Crippen LogP contribution in [0, 0.1) is 0 Å². The highest BCUT2D eigenvalue weighted by atomic mass is 79.9. The maximum atomic E-state index is 13.2. The first-order chi connectivity index (χ1) is 20.0. The minimum atomic E-state index is -0.633. The van der Waals surface area contributed by atoms with Crippen molar-refractivity contribution < 1.29 is 14.3 Å². The first-order valence-electron chi connectivity index (χ1n) is 13.5. The zero-order valence-electron chi connectivity index (χ0n) is 24.1. The van der Waals surface area contributed by atoms with Gasteiger partial charge < -0.3 is 14.8 Å².